The van der Waals surface area contributed by atoms with E-state index >= 15 is 0 Å². The quantitative estimate of drug-likeness (QED) is 0.834. The number of rotatable bonds is 2. The van der Waals surface area contributed by atoms with Gasteiger partial charge in [-0.15, -0.1) is 11.3 Å². The molecule has 110 valence electrons. The smallest absolute Gasteiger partial charge is 0.333 e. The summed E-state index contributed by atoms with van der Waals surface area (Å²) in [7, 11) is 2.80. The molecule has 0 aromatic carbocycles. The summed E-state index contributed by atoms with van der Waals surface area (Å²) in [5.41, 5.74) is 2.40. The first-order valence-corrected chi connectivity index (χ1v) is 7.23. The molecule has 2 aromatic heterocycles. The van der Waals surface area contributed by atoms with Gasteiger partial charge in [0.1, 0.15) is 5.56 Å². The molecule has 0 bridgehead atoms. The summed E-state index contributed by atoms with van der Waals surface area (Å²) in [5.74, 6) is -0.351. The van der Waals surface area contributed by atoms with Gasteiger partial charge in [-0.3, -0.25) is 13.9 Å². The fourth-order valence-corrected chi connectivity index (χ4v) is 3.11. The summed E-state index contributed by atoms with van der Waals surface area (Å²) >= 11 is 1.60. The molecule has 0 amide bonds. The Morgan fingerprint density at radius 2 is 2.14 bits per heavy atom. The topological polar surface area (TPSA) is 88.6 Å². The van der Waals surface area contributed by atoms with E-state index in [2.05, 4.69) is 10.5 Å². The van der Waals surface area contributed by atoms with Crippen molar-refractivity contribution in [1.82, 2.24) is 14.6 Å². The molecule has 2 aromatic rings. The zero-order valence-electron chi connectivity index (χ0n) is 11.5. The Kier molecular flexibility index (Phi) is 3.17. The Morgan fingerprint density at radius 1 is 1.38 bits per heavy atom. The third-order valence-electron chi connectivity index (χ3n) is 3.56. The first-order valence-electron chi connectivity index (χ1n) is 6.35. The van der Waals surface area contributed by atoms with Crippen LogP contribution in [0.1, 0.15) is 22.9 Å². The minimum atomic E-state index is -0.567. The fourth-order valence-electron chi connectivity index (χ4n) is 2.34. The molecular formula is C13H14N4O3S. The Morgan fingerprint density at radius 3 is 2.81 bits per heavy atom. The number of nitrogens with one attached hydrogen (secondary N) is 1. The minimum absolute atomic E-state index is 0.0126. The zero-order chi connectivity index (χ0) is 15.1. The van der Waals surface area contributed by atoms with E-state index in [-0.39, 0.29) is 17.5 Å². The molecule has 0 radical (unpaired) electrons. The van der Waals surface area contributed by atoms with Gasteiger partial charge in [0.25, 0.3) is 5.56 Å². The predicted molar refractivity (Wildman–Crippen MR) is 79.9 cm³/mol. The van der Waals surface area contributed by atoms with Gasteiger partial charge in [-0.1, -0.05) is 6.07 Å². The van der Waals surface area contributed by atoms with E-state index in [0.29, 0.717) is 12.1 Å². The predicted octanol–water partition coefficient (Wildman–Crippen LogP) is 0.290. The van der Waals surface area contributed by atoms with E-state index < -0.39 is 11.2 Å². The first-order chi connectivity index (χ1) is 10.0. The maximum Gasteiger partial charge on any atom is 0.333 e. The lowest BCUT2D eigenvalue weighted by Crippen LogP contribution is -2.39. The highest BCUT2D eigenvalue weighted by atomic mass is 32.1. The van der Waals surface area contributed by atoms with Crippen molar-refractivity contribution >= 4 is 17.0 Å². The van der Waals surface area contributed by atoms with E-state index in [4.69, 9.17) is 0 Å². The molecular weight excluding hydrogens is 292 g/mol. The van der Waals surface area contributed by atoms with Crippen molar-refractivity contribution in [2.75, 3.05) is 0 Å². The second-order valence-corrected chi connectivity index (χ2v) is 5.84. The van der Waals surface area contributed by atoms with Crippen LogP contribution in [0, 0.1) is 0 Å². The van der Waals surface area contributed by atoms with Crippen LogP contribution >= 0.6 is 11.3 Å². The fraction of sp³-hybridized carbons (Fsp3) is 0.308. The van der Waals surface area contributed by atoms with Gasteiger partial charge in [0.15, 0.2) is 0 Å². The largest absolute Gasteiger partial charge is 0.494 e. The summed E-state index contributed by atoms with van der Waals surface area (Å²) in [6.07, 6.45) is 0.488. The van der Waals surface area contributed by atoms with Gasteiger partial charge < -0.3 is 10.5 Å². The Bertz CT molecular complexity index is 832. The molecule has 0 aliphatic carbocycles. The number of hydrazone groups is 1. The second-order valence-electron chi connectivity index (χ2n) is 4.86. The van der Waals surface area contributed by atoms with Crippen LogP contribution in [0.2, 0.25) is 0 Å². The average Bonchev–Trinajstić information content (AvgIpc) is 3.14. The third kappa shape index (κ3) is 2.07. The Hall–Kier alpha value is -2.35. The monoisotopic (exact) mass is 306 g/mol. The Balaban J connectivity index is 2.04. The minimum Gasteiger partial charge on any atom is -0.494 e. The number of hydrogen-bond donors (Lipinski definition) is 2. The normalized spacial score (nSPS) is 17.6. The summed E-state index contributed by atoms with van der Waals surface area (Å²) in [6, 6.07) is 3.92. The van der Waals surface area contributed by atoms with Crippen LogP contribution in [0.4, 0.5) is 0 Å². The lowest BCUT2D eigenvalue weighted by molar-refractivity contribution is 0.410. The highest BCUT2D eigenvalue weighted by Gasteiger charge is 2.27. The number of thiophene rings is 1. The van der Waals surface area contributed by atoms with E-state index in [1.807, 2.05) is 17.5 Å². The molecule has 0 saturated heterocycles. The number of hydrogen-bond acceptors (Lipinski definition) is 6. The van der Waals surface area contributed by atoms with Gasteiger partial charge in [0.05, 0.1) is 11.8 Å². The van der Waals surface area contributed by atoms with Gasteiger partial charge in [-0.05, 0) is 11.4 Å². The standard InChI is InChI=1S/C13H14N4O3S/c1-16-11(18)10(12(19)17(2)13(16)20)8-6-7(14-15-8)9-4-3-5-21-9/h3-5,7,14,18H,6H2,1-2H3/t7-/m1/s1. The summed E-state index contributed by atoms with van der Waals surface area (Å²) in [6.45, 7) is 0. The molecule has 1 atom stereocenters. The maximum absolute atomic E-state index is 12.2. The molecule has 0 saturated carbocycles. The molecule has 2 N–H and O–H groups in total. The summed E-state index contributed by atoms with van der Waals surface area (Å²) in [4.78, 5) is 25.1. The van der Waals surface area contributed by atoms with Crippen molar-refractivity contribution in [3.63, 3.8) is 0 Å². The van der Waals surface area contributed by atoms with Crippen LogP contribution in [0.15, 0.2) is 32.2 Å². The lowest BCUT2D eigenvalue weighted by atomic mass is 10.1. The van der Waals surface area contributed by atoms with Gasteiger partial charge >= 0.3 is 5.69 Å². The van der Waals surface area contributed by atoms with Gasteiger partial charge in [-0.25, -0.2) is 4.79 Å². The van der Waals surface area contributed by atoms with Crippen LogP contribution in [-0.4, -0.2) is 20.0 Å². The van der Waals surface area contributed by atoms with E-state index in [1.54, 1.807) is 11.3 Å². The van der Waals surface area contributed by atoms with Crippen molar-refractivity contribution in [2.24, 2.45) is 19.2 Å². The van der Waals surface area contributed by atoms with Crippen LogP contribution in [0.5, 0.6) is 5.88 Å². The van der Waals surface area contributed by atoms with Crippen LogP contribution in [0.3, 0.4) is 0 Å². The van der Waals surface area contributed by atoms with Crippen molar-refractivity contribution in [1.29, 1.82) is 0 Å². The molecule has 0 spiro atoms. The second kappa shape index (κ2) is 4.88. The molecule has 0 unspecified atom stereocenters. The molecule has 3 heterocycles. The highest BCUT2D eigenvalue weighted by Crippen LogP contribution is 2.28. The van der Waals surface area contributed by atoms with Crippen LogP contribution in [0.25, 0.3) is 0 Å². The number of aromatic hydroxyl groups is 1. The van der Waals surface area contributed by atoms with Crippen LogP contribution in [-0.2, 0) is 14.1 Å². The lowest BCUT2D eigenvalue weighted by Gasteiger charge is -2.10. The highest BCUT2D eigenvalue weighted by molar-refractivity contribution is 7.10. The molecule has 1 aliphatic rings. The Labute approximate surface area is 123 Å². The number of aromatic nitrogens is 2. The van der Waals surface area contributed by atoms with E-state index in [9.17, 15) is 14.7 Å². The van der Waals surface area contributed by atoms with E-state index in [1.165, 1.54) is 14.1 Å². The number of nitrogens with zero attached hydrogens (tertiary/aromatic N) is 3. The SMILES string of the molecule is Cn1c(O)c(C2=NN[C@@H](c3cccs3)C2)c(=O)n(C)c1=O. The first kappa shape index (κ1) is 13.6. The molecule has 8 heteroatoms. The van der Waals surface area contributed by atoms with Gasteiger partial charge in [-0.2, -0.15) is 5.10 Å². The summed E-state index contributed by atoms with van der Waals surface area (Å²) in [5, 5.41) is 16.2. The maximum atomic E-state index is 12.2. The van der Waals surface area contributed by atoms with Gasteiger partial charge in [0.2, 0.25) is 5.88 Å². The van der Waals surface area contributed by atoms with Crippen molar-refractivity contribution in [3.05, 3.63) is 48.8 Å². The summed E-state index contributed by atoms with van der Waals surface area (Å²) < 4.78 is 2.01. The average molecular weight is 306 g/mol. The van der Waals surface area contributed by atoms with E-state index in [0.717, 1.165) is 14.0 Å². The van der Waals surface area contributed by atoms with Crippen molar-refractivity contribution in [3.8, 4) is 5.88 Å². The molecule has 21 heavy (non-hydrogen) atoms. The van der Waals surface area contributed by atoms with Crippen LogP contribution < -0.4 is 16.7 Å². The molecule has 0 fully saturated rings. The molecule has 3 rings (SSSR count). The third-order valence-corrected chi connectivity index (χ3v) is 4.55. The van der Waals surface area contributed by atoms with Gasteiger partial charge in [0, 0.05) is 25.4 Å². The molecule has 1 aliphatic heterocycles. The van der Waals surface area contributed by atoms with Crippen molar-refractivity contribution < 1.29 is 5.11 Å². The van der Waals surface area contributed by atoms with Crippen molar-refractivity contribution in [2.45, 2.75) is 12.5 Å². The zero-order valence-corrected chi connectivity index (χ0v) is 12.3. The molecule has 7 nitrogen and oxygen atoms in total.